The lowest BCUT2D eigenvalue weighted by atomic mass is 10.0. The molecule has 0 aliphatic rings. The van der Waals surface area contributed by atoms with Crippen molar-refractivity contribution in [3.05, 3.63) is 52.1 Å². The highest BCUT2D eigenvalue weighted by molar-refractivity contribution is 9.10. The molecule has 2 aromatic heterocycles. The second-order valence-corrected chi connectivity index (χ2v) is 5.20. The van der Waals surface area contributed by atoms with E-state index in [1.807, 2.05) is 12.3 Å². The minimum atomic E-state index is 0.220. The Morgan fingerprint density at radius 1 is 1.32 bits per heavy atom. The van der Waals surface area contributed by atoms with Crippen molar-refractivity contribution in [1.29, 1.82) is 0 Å². The Hall–Kier alpha value is -1.13. The number of furan rings is 1. The molecule has 0 fully saturated rings. The number of hydrogen-bond donors (Lipinski definition) is 1. The summed E-state index contributed by atoms with van der Waals surface area (Å²) in [5.41, 5.74) is 3.51. The van der Waals surface area contributed by atoms with E-state index in [1.165, 1.54) is 5.56 Å². The van der Waals surface area contributed by atoms with Gasteiger partial charge < -0.3 is 9.73 Å². The lowest BCUT2D eigenvalue weighted by Crippen LogP contribution is -2.23. The summed E-state index contributed by atoms with van der Waals surface area (Å²) >= 11 is 3.45. The van der Waals surface area contributed by atoms with Gasteiger partial charge in [0.05, 0.1) is 6.26 Å². The van der Waals surface area contributed by atoms with Crippen LogP contribution in [0, 0.1) is 0 Å². The van der Waals surface area contributed by atoms with Crippen LogP contribution in [0.25, 0.3) is 0 Å². The zero-order chi connectivity index (χ0) is 13.7. The molecule has 4 heteroatoms. The molecule has 0 amide bonds. The van der Waals surface area contributed by atoms with E-state index >= 15 is 0 Å². The van der Waals surface area contributed by atoms with Gasteiger partial charge in [0.2, 0.25) is 0 Å². The molecule has 0 aromatic carbocycles. The minimum Gasteiger partial charge on any atom is -0.457 e. The third-order valence-corrected chi connectivity index (χ3v) is 3.82. The fourth-order valence-corrected chi connectivity index (χ4v) is 2.60. The van der Waals surface area contributed by atoms with Gasteiger partial charge in [-0.1, -0.05) is 19.9 Å². The minimum absolute atomic E-state index is 0.220. The highest BCUT2D eigenvalue weighted by Crippen LogP contribution is 2.26. The molecule has 0 radical (unpaired) electrons. The Morgan fingerprint density at radius 2 is 2.16 bits per heavy atom. The predicted octanol–water partition coefficient (Wildman–Crippen LogP) is 3.89. The molecule has 0 saturated heterocycles. The van der Waals surface area contributed by atoms with Crippen molar-refractivity contribution in [2.45, 2.75) is 32.7 Å². The van der Waals surface area contributed by atoms with E-state index < -0.39 is 0 Å². The molecule has 0 saturated carbocycles. The molecule has 0 bridgehead atoms. The Bertz CT molecular complexity index is 507. The Morgan fingerprint density at radius 3 is 2.68 bits per heavy atom. The monoisotopic (exact) mass is 322 g/mol. The average molecular weight is 323 g/mol. The normalized spacial score (nSPS) is 12.6. The molecule has 19 heavy (non-hydrogen) atoms. The van der Waals surface area contributed by atoms with Gasteiger partial charge in [0, 0.05) is 29.9 Å². The molecule has 0 aliphatic carbocycles. The number of nitrogens with one attached hydrogen (secondary N) is 1. The van der Waals surface area contributed by atoms with E-state index in [0.29, 0.717) is 0 Å². The van der Waals surface area contributed by atoms with Crippen molar-refractivity contribution in [1.82, 2.24) is 10.3 Å². The van der Waals surface area contributed by atoms with Crippen LogP contribution in [-0.4, -0.2) is 11.5 Å². The molecule has 102 valence electrons. The molecule has 0 spiro atoms. The van der Waals surface area contributed by atoms with E-state index in [9.17, 15) is 0 Å². The van der Waals surface area contributed by atoms with E-state index in [-0.39, 0.29) is 6.04 Å². The van der Waals surface area contributed by atoms with E-state index in [2.05, 4.69) is 52.2 Å². The maximum atomic E-state index is 5.32. The van der Waals surface area contributed by atoms with Gasteiger partial charge in [-0.25, -0.2) is 0 Å². The third kappa shape index (κ3) is 3.67. The van der Waals surface area contributed by atoms with Gasteiger partial charge >= 0.3 is 0 Å². The van der Waals surface area contributed by atoms with Crippen LogP contribution in [0.1, 0.15) is 36.7 Å². The standard InChI is InChI=1S/C15H19BrN2O/c1-3-11-5-6-12(18-10-11)9-14(17-4-2)13-7-8-19-15(13)16/h5-8,10,14,17H,3-4,9H2,1-2H3. The van der Waals surface area contributed by atoms with Gasteiger partial charge in [0.1, 0.15) is 0 Å². The van der Waals surface area contributed by atoms with Crippen molar-refractivity contribution in [3.63, 3.8) is 0 Å². The number of aryl methyl sites for hydroxylation is 1. The zero-order valence-corrected chi connectivity index (χ0v) is 12.9. The largest absolute Gasteiger partial charge is 0.457 e. The molecule has 2 rings (SSSR count). The summed E-state index contributed by atoms with van der Waals surface area (Å²) in [4.78, 5) is 4.53. The first kappa shape index (κ1) is 14.3. The molecule has 2 heterocycles. The fraction of sp³-hybridized carbons (Fsp3) is 0.400. The number of aromatic nitrogens is 1. The Labute approximate surface area is 122 Å². The van der Waals surface area contributed by atoms with E-state index in [1.54, 1.807) is 6.26 Å². The predicted molar refractivity (Wildman–Crippen MR) is 80.1 cm³/mol. The number of likely N-dealkylation sites (N-methyl/N-ethyl adjacent to an activating group) is 1. The third-order valence-electron chi connectivity index (χ3n) is 3.18. The van der Waals surface area contributed by atoms with Gasteiger partial charge in [-0.3, -0.25) is 4.98 Å². The molecule has 3 nitrogen and oxygen atoms in total. The van der Waals surface area contributed by atoms with Crippen molar-refractivity contribution >= 4 is 15.9 Å². The summed E-state index contributed by atoms with van der Waals surface area (Å²) in [7, 11) is 0. The summed E-state index contributed by atoms with van der Waals surface area (Å²) in [6, 6.07) is 6.48. The van der Waals surface area contributed by atoms with Gasteiger partial charge in [-0.05, 0) is 46.6 Å². The number of hydrogen-bond acceptors (Lipinski definition) is 3. The highest BCUT2D eigenvalue weighted by atomic mass is 79.9. The molecule has 2 aromatic rings. The molecular formula is C15H19BrN2O. The summed E-state index contributed by atoms with van der Waals surface area (Å²) in [5.74, 6) is 0. The van der Waals surface area contributed by atoms with Gasteiger partial charge in [-0.15, -0.1) is 0 Å². The van der Waals surface area contributed by atoms with Crippen molar-refractivity contribution < 1.29 is 4.42 Å². The Balaban J connectivity index is 2.14. The summed E-state index contributed by atoms with van der Waals surface area (Å²) in [6.45, 7) is 5.16. The van der Waals surface area contributed by atoms with Gasteiger partial charge in [0.25, 0.3) is 0 Å². The van der Waals surface area contributed by atoms with Crippen LogP contribution in [0.3, 0.4) is 0 Å². The first-order valence-electron chi connectivity index (χ1n) is 6.64. The van der Waals surface area contributed by atoms with Crippen molar-refractivity contribution in [3.8, 4) is 0 Å². The first-order valence-corrected chi connectivity index (χ1v) is 7.44. The maximum absolute atomic E-state index is 5.32. The second-order valence-electron chi connectivity index (χ2n) is 4.48. The SMILES string of the molecule is CCNC(Cc1ccc(CC)cn1)c1ccoc1Br. The molecule has 1 atom stereocenters. The van der Waals surface area contributed by atoms with Crippen LogP contribution in [-0.2, 0) is 12.8 Å². The highest BCUT2D eigenvalue weighted by Gasteiger charge is 2.16. The fourth-order valence-electron chi connectivity index (χ4n) is 2.09. The molecule has 1 unspecified atom stereocenters. The average Bonchev–Trinajstić information content (AvgIpc) is 2.85. The summed E-state index contributed by atoms with van der Waals surface area (Å²) in [5, 5.41) is 3.47. The maximum Gasteiger partial charge on any atom is 0.173 e. The summed E-state index contributed by atoms with van der Waals surface area (Å²) < 4.78 is 6.12. The topological polar surface area (TPSA) is 38.1 Å². The van der Waals surface area contributed by atoms with Crippen molar-refractivity contribution in [2.75, 3.05) is 6.54 Å². The number of rotatable bonds is 6. The van der Waals surface area contributed by atoms with Crippen molar-refractivity contribution in [2.24, 2.45) is 0 Å². The zero-order valence-electron chi connectivity index (χ0n) is 11.3. The quantitative estimate of drug-likeness (QED) is 0.876. The number of nitrogens with zero attached hydrogens (tertiary/aromatic N) is 1. The lowest BCUT2D eigenvalue weighted by Gasteiger charge is -2.16. The molecular weight excluding hydrogens is 304 g/mol. The van der Waals surface area contributed by atoms with E-state index in [4.69, 9.17) is 4.42 Å². The van der Waals surface area contributed by atoms with Gasteiger partial charge in [-0.2, -0.15) is 0 Å². The smallest absolute Gasteiger partial charge is 0.173 e. The van der Waals surface area contributed by atoms with Crippen LogP contribution in [0.5, 0.6) is 0 Å². The van der Waals surface area contributed by atoms with Crippen LogP contribution >= 0.6 is 15.9 Å². The Kier molecular flexibility index (Phi) is 5.16. The second kappa shape index (κ2) is 6.87. The van der Waals surface area contributed by atoms with Crippen LogP contribution in [0.15, 0.2) is 39.7 Å². The number of halogens is 1. The van der Waals surface area contributed by atoms with Crippen LogP contribution < -0.4 is 5.32 Å². The first-order chi connectivity index (χ1) is 9.24. The van der Waals surface area contributed by atoms with E-state index in [0.717, 1.165) is 35.3 Å². The molecule has 1 N–H and O–H groups in total. The van der Waals surface area contributed by atoms with Gasteiger partial charge in [0.15, 0.2) is 4.67 Å². The number of pyridine rings is 1. The van der Waals surface area contributed by atoms with Crippen LogP contribution in [0.2, 0.25) is 0 Å². The van der Waals surface area contributed by atoms with Crippen LogP contribution in [0.4, 0.5) is 0 Å². The lowest BCUT2D eigenvalue weighted by molar-refractivity contribution is 0.504. The molecule has 0 aliphatic heterocycles. The summed E-state index contributed by atoms with van der Waals surface area (Å²) in [6.07, 6.45) is 5.55.